The van der Waals surface area contributed by atoms with Gasteiger partial charge in [-0.05, 0) is 30.3 Å². The van der Waals surface area contributed by atoms with Gasteiger partial charge in [-0.2, -0.15) is 0 Å². The van der Waals surface area contributed by atoms with Crippen LogP contribution >= 0.6 is 23.2 Å². The summed E-state index contributed by atoms with van der Waals surface area (Å²) in [5.74, 6) is -0.252. The number of hydrogen-bond donors (Lipinski definition) is 1. The van der Waals surface area contributed by atoms with Gasteiger partial charge in [0.25, 0.3) is 5.91 Å². The van der Waals surface area contributed by atoms with E-state index in [4.69, 9.17) is 23.2 Å². The third-order valence-corrected chi connectivity index (χ3v) is 4.80. The van der Waals surface area contributed by atoms with E-state index < -0.39 is 0 Å². The highest BCUT2D eigenvalue weighted by atomic mass is 35.5. The van der Waals surface area contributed by atoms with Crippen molar-refractivity contribution in [1.29, 1.82) is 0 Å². The SMILES string of the molecule is CC(=O)N1CCN(c2ccc(C(=O)Nc3ccc(Cl)cc3Cl)nc2)CC1. The number of amides is 2. The number of carbonyl (C=O) groups excluding carboxylic acids is 2. The monoisotopic (exact) mass is 392 g/mol. The quantitative estimate of drug-likeness (QED) is 0.869. The molecule has 2 heterocycles. The highest BCUT2D eigenvalue weighted by Gasteiger charge is 2.19. The third kappa shape index (κ3) is 4.26. The second-order valence-corrected chi connectivity index (χ2v) is 6.82. The van der Waals surface area contributed by atoms with Crippen LogP contribution in [0.3, 0.4) is 0 Å². The topological polar surface area (TPSA) is 65.5 Å². The number of piperazine rings is 1. The number of hydrogen-bond acceptors (Lipinski definition) is 4. The number of pyridine rings is 1. The molecule has 1 fully saturated rings. The second-order valence-electron chi connectivity index (χ2n) is 5.97. The lowest BCUT2D eigenvalue weighted by atomic mass is 10.2. The molecule has 1 aliphatic heterocycles. The minimum atomic E-state index is -0.345. The van der Waals surface area contributed by atoms with Gasteiger partial charge in [-0.1, -0.05) is 23.2 Å². The highest BCUT2D eigenvalue weighted by molar-refractivity contribution is 6.36. The van der Waals surface area contributed by atoms with E-state index >= 15 is 0 Å². The van der Waals surface area contributed by atoms with Crippen molar-refractivity contribution in [3.8, 4) is 0 Å². The first-order chi connectivity index (χ1) is 12.4. The summed E-state index contributed by atoms with van der Waals surface area (Å²) in [6, 6.07) is 8.39. The van der Waals surface area contributed by atoms with Crippen LogP contribution in [0.1, 0.15) is 17.4 Å². The molecule has 1 aromatic carbocycles. The Kier molecular flexibility index (Phi) is 5.64. The average Bonchev–Trinajstić information content (AvgIpc) is 2.64. The molecule has 1 aromatic heterocycles. The number of anilines is 2. The predicted molar refractivity (Wildman–Crippen MR) is 103 cm³/mol. The maximum Gasteiger partial charge on any atom is 0.274 e. The Bertz CT molecular complexity index is 818. The number of rotatable bonds is 3. The standard InChI is InChI=1S/C18H18Cl2N4O2/c1-12(25)23-6-8-24(9-7-23)14-3-5-17(21-11-14)18(26)22-16-4-2-13(19)10-15(16)20/h2-5,10-11H,6-9H2,1H3,(H,22,26). The number of benzene rings is 1. The molecule has 1 aliphatic rings. The zero-order valence-electron chi connectivity index (χ0n) is 14.2. The molecule has 3 rings (SSSR count). The van der Waals surface area contributed by atoms with Gasteiger partial charge in [0.05, 0.1) is 22.6 Å². The summed E-state index contributed by atoms with van der Waals surface area (Å²) in [5, 5.41) is 3.59. The molecule has 8 heteroatoms. The van der Waals surface area contributed by atoms with Crippen LogP contribution in [0.15, 0.2) is 36.5 Å². The maximum absolute atomic E-state index is 12.3. The molecule has 0 bridgehead atoms. The van der Waals surface area contributed by atoms with Crippen LogP contribution in [0.4, 0.5) is 11.4 Å². The van der Waals surface area contributed by atoms with E-state index in [0.717, 1.165) is 18.8 Å². The summed E-state index contributed by atoms with van der Waals surface area (Å²) in [6.07, 6.45) is 1.67. The van der Waals surface area contributed by atoms with Crippen molar-refractivity contribution in [2.24, 2.45) is 0 Å². The number of nitrogens with one attached hydrogen (secondary N) is 1. The van der Waals surface area contributed by atoms with Crippen molar-refractivity contribution in [2.45, 2.75) is 6.92 Å². The van der Waals surface area contributed by atoms with E-state index in [1.165, 1.54) is 0 Å². The summed E-state index contributed by atoms with van der Waals surface area (Å²) in [4.78, 5) is 31.9. The van der Waals surface area contributed by atoms with Crippen LogP contribution in [0.5, 0.6) is 0 Å². The van der Waals surface area contributed by atoms with Crippen molar-refractivity contribution in [1.82, 2.24) is 9.88 Å². The fraction of sp³-hybridized carbons (Fsp3) is 0.278. The first-order valence-electron chi connectivity index (χ1n) is 8.17. The first-order valence-corrected chi connectivity index (χ1v) is 8.92. The zero-order valence-corrected chi connectivity index (χ0v) is 15.7. The molecule has 2 amide bonds. The second kappa shape index (κ2) is 7.93. The first kappa shape index (κ1) is 18.5. The van der Waals surface area contributed by atoms with E-state index in [2.05, 4.69) is 15.2 Å². The van der Waals surface area contributed by atoms with Crippen LogP contribution in [0.25, 0.3) is 0 Å². The molecule has 1 saturated heterocycles. The molecule has 26 heavy (non-hydrogen) atoms. The minimum absolute atomic E-state index is 0.0932. The lowest BCUT2D eigenvalue weighted by molar-refractivity contribution is -0.129. The van der Waals surface area contributed by atoms with Crippen molar-refractivity contribution < 1.29 is 9.59 Å². The molecule has 6 nitrogen and oxygen atoms in total. The molecule has 0 unspecified atom stereocenters. The van der Waals surface area contributed by atoms with Crippen molar-refractivity contribution in [3.05, 3.63) is 52.3 Å². The fourth-order valence-corrected chi connectivity index (χ4v) is 3.22. The fourth-order valence-electron chi connectivity index (χ4n) is 2.76. The summed E-state index contributed by atoms with van der Waals surface area (Å²) >= 11 is 11.9. The Hall–Kier alpha value is -2.31. The number of nitrogens with zero attached hydrogens (tertiary/aromatic N) is 3. The van der Waals surface area contributed by atoms with Gasteiger partial charge < -0.3 is 15.1 Å². The zero-order chi connectivity index (χ0) is 18.7. The summed E-state index contributed by atoms with van der Waals surface area (Å²) < 4.78 is 0. The number of aromatic nitrogens is 1. The maximum atomic E-state index is 12.3. The molecule has 0 radical (unpaired) electrons. The van der Waals surface area contributed by atoms with Gasteiger partial charge in [-0.15, -0.1) is 0 Å². The Morgan fingerprint density at radius 1 is 1.08 bits per heavy atom. The van der Waals surface area contributed by atoms with Gasteiger partial charge in [-0.25, -0.2) is 4.98 Å². The van der Waals surface area contributed by atoms with E-state index in [0.29, 0.717) is 34.5 Å². The Morgan fingerprint density at radius 2 is 1.81 bits per heavy atom. The smallest absolute Gasteiger partial charge is 0.274 e. The van der Waals surface area contributed by atoms with Gasteiger partial charge in [0.2, 0.25) is 5.91 Å². The van der Waals surface area contributed by atoms with Gasteiger partial charge in [0, 0.05) is 38.1 Å². The van der Waals surface area contributed by atoms with Gasteiger partial charge >= 0.3 is 0 Å². The number of halogens is 2. The highest BCUT2D eigenvalue weighted by Crippen LogP contribution is 2.26. The van der Waals surface area contributed by atoms with Crippen LogP contribution < -0.4 is 10.2 Å². The summed E-state index contributed by atoms with van der Waals surface area (Å²) in [6.45, 7) is 4.44. The molecule has 0 saturated carbocycles. The Balaban J connectivity index is 1.64. The van der Waals surface area contributed by atoms with Crippen molar-refractivity contribution in [2.75, 3.05) is 36.4 Å². The summed E-state index contributed by atoms with van der Waals surface area (Å²) in [7, 11) is 0. The average molecular weight is 393 g/mol. The molecule has 0 spiro atoms. The normalized spacial score (nSPS) is 14.3. The Morgan fingerprint density at radius 3 is 2.38 bits per heavy atom. The van der Waals surface area contributed by atoms with Crippen LogP contribution in [-0.4, -0.2) is 47.9 Å². The van der Waals surface area contributed by atoms with E-state index in [1.807, 2.05) is 11.0 Å². The Labute approximate surface area is 161 Å². The van der Waals surface area contributed by atoms with Crippen LogP contribution in [0, 0.1) is 0 Å². The number of carbonyl (C=O) groups is 2. The van der Waals surface area contributed by atoms with Gasteiger partial charge in [0.15, 0.2) is 0 Å². The largest absolute Gasteiger partial charge is 0.367 e. The predicted octanol–water partition coefficient (Wildman–Crippen LogP) is 3.31. The lowest BCUT2D eigenvalue weighted by Crippen LogP contribution is -2.48. The molecule has 0 atom stereocenters. The molecule has 0 aliphatic carbocycles. The molecular weight excluding hydrogens is 375 g/mol. The van der Waals surface area contributed by atoms with Crippen LogP contribution in [0.2, 0.25) is 10.0 Å². The molecule has 2 aromatic rings. The van der Waals surface area contributed by atoms with E-state index in [-0.39, 0.29) is 11.8 Å². The van der Waals surface area contributed by atoms with Crippen LogP contribution in [-0.2, 0) is 4.79 Å². The molecule has 136 valence electrons. The van der Waals surface area contributed by atoms with Crippen molar-refractivity contribution in [3.63, 3.8) is 0 Å². The van der Waals surface area contributed by atoms with Gasteiger partial charge in [-0.3, -0.25) is 9.59 Å². The third-order valence-electron chi connectivity index (χ3n) is 4.25. The minimum Gasteiger partial charge on any atom is -0.367 e. The van der Waals surface area contributed by atoms with E-state index in [9.17, 15) is 9.59 Å². The molecule has 1 N–H and O–H groups in total. The van der Waals surface area contributed by atoms with Gasteiger partial charge in [0.1, 0.15) is 5.69 Å². The van der Waals surface area contributed by atoms with E-state index in [1.54, 1.807) is 37.4 Å². The summed E-state index contributed by atoms with van der Waals surface area (Å²) in [5.41, 5.74) is 1.70. The van der Waals surface area contributed by atoms with Crippen molar-refractivity contribution >= 4 is 46.4 Å². The lowest BCUT2D eigenvalue weighted by Gasteiger charge is -2.35. The molecular formula is C18H18Cl2N4O2.